The van der Waals surface area contributed by atoms with Crippen molar-refractivity contribution in [2.24, 2.45) is 28.6 Å². The number of hydrogen-bond acceptors (Lipinski definition) is 0. The van der Waals surface area contributed by atoms with Gasteiger partial charge in [0.05, 0.1) is 0 Å². The molecule has 0 amide bonds. The van der Waals surface area contributed by atoms with Gasteiger partial charge in [-0.25, -0.2) is 0 Å². The lowest BCUT2D eigenvalue weighted by atomic mass is 9.47. The standard InChI is InChI=1S/C15H30/c1-8-12-10-11(3)13(12)15(6,7)14(4,5)9-2/h11-13H,8-10H2,1-7H3. The van der Waals surface area contributed by atoms with E-state index in [9.17, 15) is 0 Å². The highest BCUT2D eigenvalue weighted by molar-refractivity contribution is 5.00. The summed E-state index contributed by atoms with van der Waals surface area (Å²) in [7, 11) is 0. The van der Waals surface area contributed by atoms with E-state index in [1.807, 2.05) is 0 Å². The van der Waals surface area contributed by atoms with Crippen molar-refractivity contribution in [3.05, 3.63) is 0 Å². The highest BCUT2D eigenvalue weighted by atomic mass is 14.6. The van der Waals surface area contributed by atoms with Gasteiger partial charge in [0.1, 0.15) is 0 Å². The zero-order valence-electron chi connectivity index (χ0n) is 11.9. The molecule has 3 unspecified atom stereocenters. The molecule has 0 aliphatic heterocycles. The maximum Gasteiger partial charge on any atom is -0.0270 e. The fourth-order valence-electron chi connectivity index (χ4n) is 3.67. The third-order valence-corrected chi connectivity index (χ3v) is 5.78. The Morgan fingerprint density at radius 1 is 1.07 bits per heavy atom. The van der Waals surface area contributed by atoms with Crippen LogP contribution in [0.25, 0.3) is 0 Å². The van der Waals surface area contributed by atoms with Gasteiger partial charge in [-0.3, -0.25) is 0 Å². The molecule has 0 spiro atoms. The molecule has 0 aromatic carbocycles. The van der Waals surface area contributed by atoms with E-state index in [2.05, 4.69) is 48.5 Å². The molecule has 0 heterocycles. The van der Waals surface area contributed by atoms with Gasteiger partial charge in [-0.2, -0.15) is 0 Å². The zero-order chi connectivity index (χ0) is 11.9. The van der Waals surface area contributed by atoms with Gasteiger partial charge in [-0.15, -0.1) is 0 Å². The molecule has 0 nitrogen and oxygen atoms in total. The van der Waals surface area contributed by atoms with Crippen molar-refractivity contribution >= 4 is 0 Å². The molecule has 1 fully saturated rings. The quantitative estimate of drug-likeness (QED) is 0.603. The molecule has 0 saturated heterocycles. The third kappa shape index (κ3) is 1.97. The molecular formula is C15H30. The van der Waals surface area contributed by atoms with E-state index in [0.717, 1.165) is 17.8 Å². The fourth-order valence-corrected chi connectivity index (χ4v) is 3.67. The first-order chi connectivity index (χ1) is 6.78. The first-order valence-electron chi connectivity index (χ1n) is 6.78. The van der Waals surface area contributed by atoms with Crippen LogP contribution < -0.4 is 0 Å². The molecule has 0 radical (unpaired) electrons. The summed E-state index contributed by atoms with van der Waals surface area (Å²) in [6.07, 6.45) is 4.13. The van der Waals surface area contributed by atoms with Crippen molar-refractivity contribution < 1.29 is 0 Å². The summed E-state index contributed by atoms with van der Waals surface area (Å²) in [5, 5.41) is 0. The Hall–Kier alpha value is 0. The summed E-state index contributed by atoms with van der Waals surface area (Å²) >= 11 is 0. The normalized spacial score (nSPS) is 32.6. The first-order valence-corrected chi connectivity index (χ1v) is 6.78. The molecule has 0 heteroatoms. The van der Waals surface area contributed by atoms with Crippen molar-refractivity contribution in [3.8, 4) is 0 Å². The molecule has 1 rings (SSSR count). The molecule has 1 aliphatic rings. The Morgan fingerprint density at radius 2 is 1.60 bits per heavy atom. The van der Waals surface area contributed by atoms with Gasteiger partial charge in [0, 0.05) is 0 Å². The molecule has 0 bridgehead atoms. The zero-order valence-corrected chi connectivity index (χ0v) is 11.9. The van der Waals surface area contributed by atoms with Gasteiger partial charge < -0.3 is 0 Å². The Bertz CT molecular complexity index is 212. The molecule has 90 valence electrons. The Morgan fingerprint density at radius 3 is 1.93 bits per heavy atom. The number of rotatable bonds is 4. The van der Waals surface area contributed by atoms with Crippen LogP contribution in [0.4, 0.5) is 0 Å². The topological polar surface area (TPSA) is 0 Å². The summed E-state index contributed by atoms with van der Waals surface area (Å²) in [5.74, 6) is 2.87. The molecular weight excluding hydrogens is 180 g/mol. The lowest BCUT2D eigenvalue weighted by Gasteiger charge is -2.58. The van der Waals surface area contributed by atoms with Crippen LogP contribution in [0.15, 0.2) is 0 Å². The largest absolute Gasteiger partial charge is 0.0651 e. The lowest BCUT2D eigenvalue weighted by Crippen LogP contribution is -2.50. The molecule has 3 atom stereocenters. The lowest BCUT2D eigenvalue weighted by molar-refractivity contribution is -0.0879. The second-order valence-corrected chi connectivity index (χ2v) is 6.87. The average Bonchev–Trinajstić information content (AvgIpc) is 2.12. The first kappa shape index (κ1) is 13.1. The molecule has 1 aliphatic carbocycles. The van der Waals surface area contributed by atoms with E-state index in [1.165, 1.54) is 19.3 Å². The molecule has 0 N–H and O–H groups in total. The van der Waals surface area contributed by atoms with Crippen molar-refractivity contribution in [3.63, 3.8) is 0 Å². The van der Waals surface area contributed by atoms with Gasteiger partial charge in [-0.1, -0.05) is 61.3 Å². The van der Waals surface area contributed by atoms with Crippen LogP contribution in [0.1, 0.15) is 67.7 Å². The van der Waals surface area contributed by atoms with Gasteiger partial charge in [0.2, 0.25) is 0 Å². The Balaban J connectivity index is 2.85. The van der Waals surface area contributed by atoms with Crippen LogP contribution in [0.3, 0.4) is 0 Å². The maximum absolute atomic E-state index is 2.50. The van der Waals surface area contributed by atoms with Crippen molar-refractivity contribution in [1.29, 1.82) is 0 Å². The van der Waals surface area contributed by atoms with E-state index in [0.29, 0.717) is 10.8 Å². The number of hydrogen-bond donors (Lipinski definition) is 0. The minimum Gasteiger partial charge on any atom is -0.0651 e. The van der Waals surface area contributed by atoms with Crippen molar-refractivity contribution in [2.45, 2.75) is 67.7 Å². The SMILES string of the molecule is CCC1CC(C)C1C(C)(C)C(C)(C)CC. The van der Waals surface area contributed by atoms with E-state index >= 15 is 0 Å². The minimum absolute atomic E-state index is 0.472. The van der Waals surface area contributed by atoms with Crippen LogP contribution in [-0.2, 0) is 0 Å². The van der Waals surface area contributed by atoms with Gasteiger partial charge in [0.25, 0.3) is 0 Å². The summed E-state index contributed by atoms with van der Waals surface area (Å²) in [6, 6.07) is 0. The molecule has 0 aromatic rings. The van der Waals surface area contributed by atoms with E-state index < -0.39 is 0 Å². The highest BCUT2D eigenvalue weighted by Gasteiger charge is 2.51. The van der Waals surface area contributed by atoms with Crippen LogP contribution in [0.2, 0.25) is 0 Å². The van der Waals surface area contributed by atoms with E-state index in [4.69, 9.17) is 0 Å². The van der Waals surface area contributed by atoms with Crippen molar-refractivity contribution in [2.75, 3.05) is 0 Å². The second kappa shape index (κ2) is 4.11. The summed E-state index contributed by atoms with van der Waals surface area (Å²) < 4.78 is 0. The highest BCUT2D eigenvalue weighted by Crippen LogP contribution is 2.59. The van der Waals surface area contributed by atoms with Crippen molar-refractivity contribution in [1.82, 2.24) is 0 Å². The third-order valence-electron chi connectivity index (χ3n) is 5.78. The second-order valence-electron chi connectivity index (χ2n) is 6.87. The van der Waals surface area contributed by atoms with Gasteiger partial charge in [0.15, 0.2) is 0 Å². The van der Waals surface area contributed by atoms with Crippen LogP contribution in [0.5, 0.6) is 0 Å². The van der Waals surface area contributed by atoms with Crippen LogP contribution in [0, 0.1) is 28.6 Å². The summed E-state index contributed by atoms with van der Waals surface area (Å²) in [6.45, 7) is 17.0. The Labute approximate surface area is 96.8 Å². The molecule has 0 aromatic heterocycles. The fraction of sp³-hybridized carbons (Fsp3) is 1.00. The maximum atomic E-state index is 2.50. The predicted octanol–water partition coefficient (Wildman–Crippen LogP) is 5.13. The van der Waals surface area contributed by atoms with Crippen LogP contribution >= 0.6 is 0 Å². The smallest absolute Gasteiger partial charge is 0.0270 e. The van der Waals surface area contributed by atoms with Gasteiger partial charge >= 0.3 is 0 Å². The monoisotopic (exact) mass is 210 g/mol. The van der Waals surface area contributed by atoms with E-state index in [1.54, 1.807) is 0 Å². The molecule has 1 saturated carbocycles. The van der Waals surface area contributed by atoms with Gasteiger partial charge in [-0.05, 0) is 35.0 Å². The van der Waals surface area contributed by atoms with E-state index in [-0.39, 0.29) is 0 Å². The summed E-state index contributed by atoms with van der Waals surface area (Å²) in [5.41, 5.74) is 0.958. The molecule has 15 heavy (non-hydrogen) atoms. The predicted molar refractivity (Wildman–Crippen MR) is 68.9 cm³/mol. The average molecular weight is 210 g/mol. The minimum atomic E-state index is 0.472. The van der Waals surface area contributed by atoms with Crippen LogP contribution in [-0.4, -0.2) is 0 Å². The Kier molecular flexibility index (Phi) is 3.58. The summed E-state index contributed by atoms with van der Waals surface area (Å²) in [4.78, 5) is 0.